The molecule has 1 N–H and O–H groups in total. The largest absolute Gasteiger partial charge is 0.573 e. The molecule has 0 saturated carbocycles. The van der Waals surface area contributed by atoms with Crippen LogP contribution in [0.1, 0.15) is 10.9 Å². The van der Waals surface area contributed by atoms with Crippen LogP contribution in [0.5, 0.6) is 11.5 Å². The maximum absolute atomic E-state index is 12.8. The molecule has 1 aliphatic heterocycles. The molecular formula is C18H16BrF3N2O3S. The predicted molar refractivity (Wildman–Crippen MR) is 105 cm³/mol. The van der Waals surface area contributed by atoms with Crippen LogP contribution >= 0.6 is 27.7 Å². The Morgan fingerprint density at radius 1 is 1.25 bits per heavy atom. The number of anilines is 1. The van der Waals surface area contributed by atoms with Crippen LogP contribution in [0.4, 0.5) is 23.7 Å². The lowest BCUT2D eigenvalue weighted by molar-refractivity contribution is -0.274. The van der Waals surface area contributed by atoms with Crippen molar-refractivity contribution in [2.45, 2.75) is 11.7 Å². The number of ether oxygens (including phenoxy) is 2. The third kappa shape index (κ3) is 4.85. The minimum Gasteiger partial charge on any atom is -0.496 e. The van der Waals surface area contributed by atoms with Crippen molar-refractivity contribution in [3.63, 3.8) is 0 Å². The number of nitrogens with zero attached hydrogens (tertiary/aromatic N) is 1. The zero-order valence-electron chi connectivity index (χ0n) is 14.6. The molecule has 1 unspecified atom stereocenters. The van der Waals surface area contributed by atoms with Gasteiger partial charge in [0.25, 0.3) is 0 Å². The normalized spacial score (nSPS) is 16.8. The van der Waals surface area contributed by atoms with E-state index in [0.717, 1.165) is 16.1 Å². The lowest BCUT2D eigenvalue weighted by atomic mass is 10.2. The van der Waals surface area contributed by atoms with Gasteiger partial charge in [-0.1, -0.05) is 18.2 Å². The van der Waals surface area contributed by atoms with E-state index in [2.05, 4.69) is 26.0 Å². The van der Waals surface area contributed by atoms with Crippen LogP contribution in [0.25, 0.3) is 0 Å². The van der Waals surface area contributed by atoms with Crippen LogP contribution in [0.2, 0.25) is 0 Å². The van der Waals surface area contributed by atoms with Crippen molar-refractivity contribution in [3.8, 4) is 11.5 Å². The summed E-state index contributed by atoms with van der Waals surface area (Å²) in [5.41, 5.74) is 0.835. The fraction of sp³-hybridized carbons (Fsp3) is 0.278. The van der Waals surface area contributed by atoms with Gasteiger partial charge in [-0.2, -0.15) is 0 Å². The first-order valence-corrected chi connectivity index (χ1v) is 10.00. The second-order valence-corrected chi connectivity index (χ2v) is 7.83. The van der Waals surface area contributed by atoms with E-state index >= 15 is 0 Å². The Morgan fingerprint density at radius 2 is 2.00 bits per heavy atom. The average Bonchev–Trinajstić information content (AvgIpc) is 3.12. The van der Waals surface area contributed by atoms with Gasteiger partial charge in [-0.05, 0) is 45.8 Å². The van der Waals surface area contributed by atoms with Gasteiger partial charge in [0.2, 0.25) is 0 Å². The number of amides is 2. The first-order valence-electron chi connectivity index (χ1n) is 8.16. The van der Waals surface area contributed by atoms with Crippen molar-refractivity contribution < 1.29 is 27.4 Å². The van der Waals surface area contributed by atoms with Crippen LogP contribution in [-0.2, 0) is 0 Å². The summed E-state index contributed by atoms with van der Waals surface area (Å²) in [5, 5.41) is 2.26. The lowest BCUT2D eigenvalue weighted by Crippen LogP contribution is -2.34. The highest BCUT2D eigenvalue weighted by Crippen LogP contribution is 2.41. The number of para-hydroxylation sites is 2. The molecular weight excluding hydrogens is 461 g/mol. The molecule has 0 radical (unpaired) electrons. The van der Waals surface area contributed by atoms with Crippen LogP contribution in [0, 0.1) is 0 Å². The third-order valence-electron chi connectivity index (χ3n) is 3.97. The number of hydrogen-bond donors (Lipinski definition) is 1. The Morgan fingerprint density at radius 3 is 2.68 bits per heavy atom. The number of alkyl halides is 3. The van der Waals surface area contributed by atoms with E-state index in [0.29, 0.717) is 18.0 Å². The molecule has 1 aliphatic rings. The number of hydrogen-bond acceptors (Lipinski definition) is 4. The molecule has 0 aliphatic carbocycles. The minimum atomic E-state index is -4.85. The van der Waals surface area contributed by atoms with E-state index in [-0.39, 0.29) is 11.1 Å². The summed E-state index contributed by atoms with van der Waals surface area (Å²) in [7, 11) is 1.56. The molecule has 150 valence electrons. The van der Waals surface area contributed by atoms with Crippen molar-refractivity contribution in [1.82, 2.24) is 4.90 Å². The quantitative estimate of drug-likeness (QED) is 0.620. The molecule has 5 nitrogen and oxygen atoms in total. The Balaban J connectivity index is 1.78. The fourth-order valence-corrected chi connectivity index (χ4v) is 4.56. The number of benzene rings is 2. The SMILES string of the molecule is COc1ccc(C2SCCN2C(=O)Nc2ccccc2OC(F)(F)F)cc1Br. The van der Waals surface area contributed by atoms with Gasteiger partial charge in [0, 0.05) is 12.3 Å². The van der Waals surface area contributed by atoms with Crippen molar-refractivity contribution >= 4 is 39.4 Å². The number of thioether (sulfide) groups is 1. The van der Waals surface area contributed by atoms with Gasteiger partial charge in [-0.25, -0.2) is 4.79 Å². The molecule has 1 fully saturated rings. The summed E-state index contributed by atoms with van der Waals surface area (Å²) >= 11 is 5.00. The van der Waals surface area contributed by atoms with E-state index in [1.54, 1.807) is 29.8 Å². The maximum atomic E-state index is 12.8. The summed E-state index contributed by atoms with van der Waals surface area (Å²) < 4.78 is 47.7. The predicted octanol–water partition coefficient (Wildman–Crippen LogP) is 5.64. The Labute approximate surface area is 172 Å². The van der Waals surface area contributed by atoms with E-state index in [1.807, 2.05) is 12.1 Å². The van der Waals surface area contributed by atoms with Crippen molar-refractivity contribution in [2.75, 3.05) is 24.7 Å². The fourth-order valence-electron chi connectivity index (χ4n) is 2.76. The van der Waals surface area contributed by atoms with Gasteiger partial charge in [0.15, 0.2) is 5.75 Å². The Hall–Kier alpha value is -2.07. The molecule has 1 heterocycles. The summed E-state index contributed by atoms with van der Waals surface area (Å²) in [6, 6.07) is 10.5. The highest BCUT2D eigenvalue weighted by molar-refractivity contribution is 9.10. The smallest absolute Gasteiger partial charge is 0.496 e. The zero-order valence-corrected chi connectivity index (χ0v) is 17.0. The Kier molecular flexibility index (Phi) is 6.29. The van der Waals surface area contributed by atoms with Gasteiger partial charge in [-0.3, -0.25) is 0 Å². The molecule has 0 spiro atoms. The Bertz CT molecular complexity index is 866. The van der Waals surface area contributed by atoms with Gasteiger partial charge in [-0.15, -0.1) is 24.9 Å². The molecule has 0 bridgehead atoms. The van der Waals surface area contributed by atoms with Gasteiger partial charge < -0.3 is 19.7 Å². The molecule has 10 heteroatoms. The molecule has 3 rings (SSSR count). The zero-order chi connectivity index (χ0) is 20.3. The van der Waals surface area contributed by atoms with E-state index in [1.165, 1.54) is 18.2 Å². The molecule has 0 aromatic heterocycles. The van der Waals surface area contributed by atoms with Gasteiger partial charge >= 0.3 is 12.4 Å². The number of carbonyl (C=O) groups excluding carboxylic acids is 1. The summed E-state index contributed by atoms with van der Waals surface area (Å²) in [6.07, 6.45) is -4.85. The molecule has 28 heavy (non-hydrogen) atoms. The van der Waals surface area contributed by atoms with E-state index in [4.69, 9.17) is 4.74 Å². The van der Waals surface area contributed by atoms with Crippen molar-refractivity contribution in [1.29, 1.82) is 0 Å². The van der Waals surface area contributed by atoms with Crippen LogP contribution < -0.4 is 14.8 Å². The number of rotatable bonds is 4. The molecule has 2 amide bonds. The first kappa shape index (κ1) is 20.7. The number of halogens is 4. The second kappa shape index (κ2) is 8.52. The number of carbonyl (C=O) groups is 1. The maximum Gasteiger partial charge on any atom is 0.573 e. The third-order valence-corrected chi connectivity index (χ3v) is 5.85. The minimum absolute atomic E-state index is 0.0450. The highest BCUT2D eigenvalue weighted by Gasteiger charge is 2.34. The topological polar surface area (TPSA) is 50.8 Å². The average molecular weight is 477 g/mol. The highest BCUT2D eigenvalue weighted by atomic mass is 79.9. The molecule has 2 aromatic carbocycles. The van der Waals surface area contributed by atoms with E-state index < -0.39 is 18.1 Å². The van der Waals surface area contributed by atoms with Gasteiger partial charge in [0.1, 0.15) is 11.1 Å². The number of methoxy groups -OCH3 is 1. The van der Waals surface area contributed by atoms with Gasteiger partial charge in [0.05, 0.1) is 17.3 Å². The van der Waals surface area contributed by atoms with E-state index in [9.17, 15) is 18.0 Å². The lowest BCUT2D eigenvalue weighted by Gasteiger charge is -2.25. The summed E-state index contributed by atoms with van der Waals surface area (Å²) in [6.45, 7) is 0.465. The monoisotopic (exact) mass is 476 g/mol. The van der Waals surface area contributed by atoms with Crippen LogP contribution in [-0.4, -0.2) is 36.7 Å². The van der Waals surface area contributed by atoms with Crippen molar-refractivity contribution in [2.24, 2.45) is 0 Å². The number of nitrogens with one attached hydrogen (secondary N) is 1. The molecule has 1 atom stereocenters. The second-order valence-electron chi connectivity index (χ2n) is 5.78. The molecule has 2 aromatic rings. The van der Waals surface area contributed by atoms with Crippen LogP contribution in [0.15, 0.2) is 46.9 Å². The first-order chi connectivity index (χ1) is 13.3. The van der Waals surface area contributed by atoms with Crippen LogP contribution in [0.3, 0.4) is 0 Å². The summed E-state index contributed by atoms with van der Waals surface area (Å²) in [4.78, 5) is 14.3. The summed E-state index contributed by atoms with van der Waals surface area (Å²) in [5.74, 6) is 0.919. The molecule has 1 saturated heterocycles. The standard InChI is InChI=1S/C18H16BrF3N2O3S/c1-26-14-7-6-11(10-12(14)19)16-24(8-9-28-16)17(25)23-13-4-2-3-5-15(13)27-18(20,21)22/h2-7,10,16H,8-9H2,1H3,(H,23,25). The number of urea groups is 1. The van der Waals surface area contributed by atoms with Crippen molar-refractivity contribution in [3.05, 3.63) is 52.5 Å².